The molecule has 27 heavy (non-hydrogen) atoms. The fourth-order valence-corrected chi connectivity index (χ4v) is 4.83. The minimum Gasteiger partial charge on any atom is -0.373 e. The van der Waals surface area contributed by atoms with Gasteiger partial charge in [0, 0.05) is 44.1 Å². The Morgan fingerprint density at radius 3 is 2.44 bits per heavy atom. The minimum absolute atomic E-state index is 0. The number of nitrogens with zero attached hydrogens (tertiary/aromatic N) is 1. The van der Waals surface area contributed by atoms with Crippen LogP contribution in [0.3, 0.4) is 0 Å². The van der Waals surface area contributed by atoms with Crippen LogP contribution in [0, 0.1) is 11.8 Å². The molecule has 2 fully saturated rings. The van der Waals surface area contributed by atoms with Gasteiger partial charge in [0.25, 0.3) is 0 Å². The van der Waals surface area contributed by atoms with Gasteiger partial charge in [-0.3, -0.25) is 4.79 Å². The summed E-state index contributed by atoms with van der Waals surface area (Å²) in [4.78, 5) is 13.5. The highest BCUT2D eigenvalue weighted by Gasteiger charge is 2.53. The average Bonchev–Trinajstić information content (AvgIpc) is 2.58. The van der Waals surface area contributed by atoms with Crippen molar-refractivity contribution >= 4 is 18.3 Å². The molecule has 2 aliphatic rings. The second kappa shape index (κ2) is 8.37. The predicted molar refractivity (Wildman–Crippen MR) is 98.8 cm³/mol. The molecule has 1 heterocycles. The maximum atomic E-state index is 12.6. The zero-order chi connectivity index (χ0) is 18.9. The molecule has 1 amide bonds. The molecular formula is C19H26ClF3N2O2. The lowest BCUT2D eigenvalue weighted by Crippen LogP contribution is -2.59. The van der Waals surface area contributed by atoms with Gasteiger partial charge in [-0.05, 0) is 30.5 Å². The molecule has 1 aromatic carbocycles. The van der Waals surface area contributed by atoms with Crippen LogP contribution in [0.1, 0.15) is 41.6 Å². The summed E-state index contributed by atoms with van der Waals surface area (Å²) in [6, 6.07) is 7.18. The van der Waals surface area contributed by atoms with Crippen LogP contribution in [0.15, 0.2) is 24.3 Å². The normalized spacial score (nSPS) is 28.4. The highest BCUT2D eigenvalue weighted by molar-refractivity contribution is 5.92. The van der Waals surface area contributed by atoms with Gasteiger partial charge in [-0.15, -0.1) is 12.4 Å². The van der Waals surface area contributed by atoms with E-state index in [-0.39, 0.29) is 30.8 Å². The van der Waals surface area contributed by atoms with Crippen molar-refractivity contribution in [3.8, 4) is 0 Å². The first-order chi connectivity index (χ1) is 12.3. The van der Waals surface area contributed by atoms with Crippen LogP contribution in [0.5, 0.6) is 0 Å². The van der Waals surface area contributed by atoms with Gasteiger partial charge in [0.1, 0.15) is 5.60 Å². The van der Waals surface area contributed by atoms with Crippen molar-refractivity contribution in [3.05, 3.63) is 35.4 Å². The summed E-state index contributed by atoms with van der Waals surface area (Å²) in [7, 11) is 1.66. The number of carbonyl (C=O) groups is 1. The summed E-state index contributed by atoms with van der Waals surface area (Å²) in [5, 5.41) is 0. The number of hydrogen-bond acceptors (Lipinski definition) is 3. The number of piperidine rings is 1. The first kappa shape index (κ1) is 22.0. The van der Waals surface area contributed by atoms with E-state index < -0.39 is 24.1 Å². The zero-order valence-corrected chi connectivity index (χ0v) is 16.1. The Bertz CT molecular complexity index is 655. The first-order valence-corrected chi connectivity index (χ1v) is 9.01. The van der Waals surface area contributed by atoms with Crippen LogP contribution in [0.25, 0.3) is 0 Å². The fraction of sp³-hybridized carbons (Fsp3) is 0.632. The summed E-state index contributed by atoms with van der Waals surface area (Å²) in [6.07, 6.45) is -2.09. The lowest BCUT2D eigenvalue weighted by molar-refractivity contribution is -0.177. The third-order valence-corrected chi connectivity index (χ3v) is 5.92. The smallest absolute Gasteiger partial charge is 0.373 e. The molecule has 152 valence electrons. The largest absolute Gasteiger partial charge is 0.390 e. The van der Waals surface area contributed by atoms with Crippen LogP contribution >= 0.6 is 12.4 Å². The van der Waals surface area contributed by atoms with Gasteiger partial charge in [0.05, 0.1) is 6.42 Å². The zero-order valence-electron chi connectivity index (χ0n) is 15.3. The number of primary amides is 1. The molecule has 1 saturated carbocycles. The summed E-state index contributed by atoms with van der Waals surface area (Å²) in [5.41, 5.74) is 6.18. The molecule has 2 N–H and O–H groups in total. The molecule has 1 unspecified atom stereocenters. The molecule has 0 aromatic heterocycles. The molecule has 1 aromatic rings. The van der Waals surface area contributed by atoms with E-state index in [4.69, 9.17) is 10.5 Å². The van der Waals surface area contributed by atoms with Gasteiger partial charge in [-0.1, -0.05) is 18.6 Å². The number of rotatable bonds is 5. The Labute approximate surface area is 163 Å². The third kappa shape index (κ3) is 4.41. The molecule has 8 heteroatoms. The highest BCUT2D eigenvalue weighted by Crippen LogP contribution is 2.51. The molecule has 1 aliphatic heterocycles. The Kier molecular flexibility index (Phi) is 6.81. The highest BCUT2D eigenvalue weighted by atomic mass is 35.5. The van der Waals surface area contributed by atoms with Gasteiger partial charge in [-0.2, -0.15) is 13.2 Å². The topological polar surface area (TPSA) is 55.6 Å². The number of methoxy groups -OCH3 is 1. The number of ether oxygens (including phenoxy) is 1. The maximum Gasteiger partial charge on any atom is 0.390 e. The molecule has 1 saturated heterocycles. The van der Waals surface area contributed by atoms with E-state index in [0.717, 1.165) is 24.8 Å². The van der Waals surface area contributed by atoms with Crippen LogP contribution in [-0.4, -0.2) is 43.7 Å². The average molecular weight is 407 g/mol. The molecule has 4 nitrogen and oxygen atoms in total. The summed E-state index contributed by atoms with van der Waals surface area (Å²) in [5.74, 6) is -0.307. The van der Waals surface area contributed by atoms with Crippen molar-refractivity contribution < 1.29 is 22.7 Å². The maximum absolute atomic E-state index is 12.6. The molecule has 1 aliphatic carbocycles. The Morgan fingerprint density at radius 2 is 1.93 bits per heavy atom. The van der Waals surface area contributed by atoms with Gasteiger partial charge in [0.15, 0.2) is 0 Å². The number of alkyl halides is 3. The van der Waals surface area contributed by atoms with E-state index >= 15 is 0 Å². The van der Waals surface area contributed by atoms with Crippen LogP contribution < -0.4 is 5.73 Å². The lowest BCUT2D eigenvalue weighted by Gasteiger charge is -2.55. The quantitative estimate of drug-likeness (QED) is 0.810. The van der Waals surface area contributed by atoms with E-state index in [9.17, 15) is 18.0 Å². The van der Waals surface area contributed by atoms with Crippen LogP contribution in [0.4, 0.5) is 13.2 Å². The summed E-state index contributed by atoms with van der Waals surface area (Å²) < 4.78 is 43.9. The van der Waals surface area contributed by atoms with E-state index in [1.165, 1.54) is 0 Å². The number of halogens is 4. The van der Waals surface area contributed by atoms with Gasteiger partial charge in [0.2, 0.25) is 5.91 Å². The molecule has 3 rings (SSSR count). The van der Waals surface area contributed by atoms with Gasteiger partial charge < -0.3 is 15.4 Å². The number of fused-ring (bicyclic) bond motifs is 2. The molecule has 0 spiro atoms. The first-order valence-electron chi connectivity index (χ1n) is 9.01. The number of benzene rings is 1. The Morgan fingerprint density at radius 1 is 1.30 bits per heavy atom. The number of nitrogens with two attached hydrogens (primary N) is 1. The third-order valence-electron chi connectivity index (χ3n) is 5.92. The second-order valence-corrected chi connectivity index (χ2v) is 7.39. The monoisotopic (exact) mass is 406 g/mol. The lowest BCUT2D eigenvalue weighted by atomic mass is 9.62. The van der Waals surface area contributed by atoms with E-state index in [1.54, 1.807) is 25.3 Å². The van der Waals surface area contributed by atoms with E-state index in [1.807, 2.05) is 11.0 Å². The number of carbonyl (C=O) groups excluding carboxylic acids is 1. The van der Waals surface area contributed by atoms with Crippen molar-refractivity contribution in [1.82, 2.24) is 4.90 Å². The standard InChI is InChI=1S/C19H25F3N2O2.ClH/c1-26-19(14-5-2-4-13(10-14)17(23)25)15-6-3-7-16(19)12-24(11-15)9-8-18(20,21)22;/h2,4-5,10,15-16H,3,6-9,11-12H2,1H3,(H2,23,25);1H/t15-,16+,19?;. The Hall–Kier alpha value is -1.31. The summed E-state index contributed by atoms with van der Waals surface area (Å²) >= 11 is 0. The summed E-state index contributed by atoms with van der Waals surface area (Å²) in [6.45, 7) is 1.17. The van der Waals surface area contributed by atoms with E-state index in [0.29, 0.717) is 18.7 Å². The van der Waals surface area contributed by atoms with Crippen molar-refractivity contribution in [1.29, 1.82) is 0 Å². The van der Waals surface area contributed by atoms with Crippen molar-refractivity contribution in [2.75, 3.05) is 26.7 Å². The van der Waals surface area contributed by atoms with Crippen molar-refractivity contribution in [3.63, 3.8) is 0 Å². The Balaban J connectivity index is 0.00000261. The molecule has 3 atom stereocenters. The molecular weight excluding hydrogens is 381 g/mol. The fourth-order valence-electron chi connectivity index (χ4n) is 4.83. The molecule has 2 bridgehead atoms. The number of hydrogen-bond donors (Lipinski definition) is 1. The predicted octanol–water partition coefficient (Wildman–Crippen LogP) is 3.73. The molecule has 0 radical (unpaired) electrons. The van der Waals surface area contributed by atoms with E-state index in [2.05, 4.69) is 0 Å². The van der Waals surface area contributed by atoms with Crippen LogP contribution in [-0.2, 0) is 10.3 Å². The minimum atomic E-state index is -4.14. The second-order valence-electron chi connectivity index (χ2n) is 7.39. The van der Waals surface area contributed by atoms with Crippen molar-refractivity contribution in [2.45, 2.75) is 37.5 Å². The van der Waals surface area contributed by atoms with Crippen molar-refractivity contribution in [2.24, 2.45) is 17.6 Å². The SMILES string of the molecule is COC1(c2cccc(C(N)=O)c2)[C@@H]2CCC[C@H]1CN(CCC(F)(F)F)C2.Cl. The number of amides is 1. The van der Waals surface area contributed by atoms with Crippen LogP contribution in [0.2, 0.25) is 0 Å². The van der Waals surface area contributed by atoms with Gasteiger partial charge in [-0.25, -0.2) is 0 Å². The number of likely N-dealkylation sites (tertiary alicyclic amines) is 1. The van der Waals surface area contributed by atoms with Gasteiger partial charge >= 0.3 is 6.18 Å².